The highest BCUT2D eigenvalue weighted by molar-refractivity contribution is 5.70. The van der Waals surface area contributed by atoms with Crippen molar-refractivity contribution in [2.75, 3.05) is 11.9 Å². The number of ether oxygens (including phenoxy) is 3. The van der Waals surface area contributed by atoms with Crippen LogP contribution in [0.5, 0.6) is 23.3 Å². The molecule has 39 heavy (non-hydrogen) atoms. The third-order valence-corrected chi connectivity index (χ3v) is 6.20. The molecule has 1 fully saturated rings. The summed E-state index contributed by atoms with van der Waals surface area (Å²) in [5.74, 6) is 1.68. The number of carboxylic acid groups (broad SMARTS) is 1. The Morgan fingerprint density at radius 1 is 1.03 bits per heavy atom. The molecule has 200 valence electrons. The summed E-state index contributed by atoms with van der Waals surface area (Å²) in [7, 11) is 0. The quantitative estimate of drug-likeness (QED) is 0.277. The van der Waals surface area contributed by atoms with Gasteiger partial charge in [0.1, 0.15) is 11.9 Å². The number of nitrogens with one attached hydrogen (secondary N) is 1. The first-order valence-corrected chi connectivity index (χ1v) is 12.7. The lowest BCUT2D eigenvalue weighted by Gasteiger charge is -2.26. The zero-order valence-corrected chi connectivity index (χ0v) is 21.4. The second-order valence-electron chi connectivity index (χ2n) is 8.93. The number of benzene rings is 1. The zero-order valence-electron chi connectivity index (χ0n) is 21.4. The lowest BCUT2D eigenvalue weighted by molar-refractivity contribution is -0.143. The van der Waals surface area contributed by atoms with Gasteiger partial charge in [-0.05, 0) is 56.9 Å². The predicted molar refractivity (Wildman–Crippen MR) is 142 cm³/mol. The van der Waals surface area contributed by atoms with Gasteiger partial charge in [0.2, 0.25) is 11.8 Å². The summed E-state index contributed by atoms with van der Waals surface area (Å²) < 4.78 is 17.6. The highest BCUT2D eigenvalue weighted by Crippen LogP contribution is 2.31. The van der Waals surface area contributed by atoms with Gasteiger partial charge in [0.15, 0.2) is 11.6 Å². The van der Waals surface area contributed by atoms with E-state index in [9.17, 15) is 9.90 Å². The van der Waals surface area contributed by atoms with Crippen LogP contribution in [0.1, 0.15) is 32.6 Å². The highest BCUT2D eigenvalue weighted by atomic mass is 16.5. The molecule has 0 spiro atoms. The Morgan fingerprint density at radius 3 is 2.72 bits per heavy atom. The molecule has 1 aliphatic rings. The Kier molecular flexibility index (Phi) is 8.06. The van der Waals surface area contributed by atoms with Crippen molar-refractivity contribution >= 4 is 17.7 Å². The third-order valence-electron chi connectivity index (χ3n) is 6.20. The first-order valence-electron chi connectivity index (χ1n) is 12.7. The summed E-state index contributed by atoms with van der Waals surface area (Å²) >= 11 is 0. The number of rotatable bonds is 10. The minimum Gasteiger partial charge on any atom is -0.488 e. The van der Waals surface area contributed by atoms with Gasteiger partial charge in [0.05, 0.1) is 30.6 Å². The van der Waals surface area contributed by atoms with Crippen LogP contribution in [0.4, 0.5) is 11.8 Å². The molecule has 3 aromatic heterocycles. The standard InChI is InChI=1S/C28H28N6O5/c1-2-37-23-7-4-13-30-26(23)39-21-6-3-5-19(15-21)22-16-29-17-24(32-22)33-28-31-14-12-25(34-28)38-20-10-8-18(9-11-20)27(35)36/h3-7,12-18,20H,2,8-11H2,1H3,(H,35,36)(H,31,32,33,34)/t18-,20-. The van der Waals surface area contributed by atoms with E-state index in [0.717, 1.165) is 5.56 Å². The van der Waals surface area contributed by atoms with Gasteiger partial charge in [-0.25, -0.2) is 15.0 Å². The minimum absolute atomic E-state index is 0.0725. The summed E-state index contributed by atoms with van der Waals surface area (Å²) in [6.07, 6.45) is 8.95. The van der Waals surface area contributed by atoms with Crippen molar-refractivity contribution in [1.82, 2.24) is 24.9 Å². The molecule has 11 heteroatoms. The van der Waals surface area contributed by atoms with Crippen molar-refractivity contribution in [1.29, 1.82) is 0 Å². The maximum Gasteiger partial charge on any atom is 0.306 e. The molecule has 4 aromatic rings. The van der Waals surface area contributed by atoms with E-state index in [4.69, 9.17) is 14.2 Å². The van der Waals surface area contributed by atoms with Crippen LogP contribution >= 0.6 is 0 Å². The number of anilines is 2. The molecule has 0 radical (unpaired) electrons. The summed E-state index contributed by atoms with van der Waals surface area (Å²) in [4.78, 5) is 33.1. The maximum absolute atomic E-state index is 11.2. The summed E-state index contributed by atoms with van der Waals surface area (Å²) in [6, 6.07) is 12.7. The SMILES string of the molecule is CCOc1cccnc1Oc1cccc(-c2cncc(Nc3nccc(O[C@H]4CC[C@H](C(=O)O)CC4)n3)n2)c1. The predicted octanol–water partition coefficient (Wildman–Crippen LogP) is 5.29. The van der Waals surface area contributed by atoms with E-state index in [1.54, 1.807) is 36.9 Å². The fraction of sp³-hybridized carbons (Fsp3) is 0.286. The number of carbonyl (C=O) groups is 1. The molecule has 2 N–H and O–H groups in total. The molecular weight excluding hydrogens is 500 g/mol. The van der Waals surface area contributed by atoms with Crippen molar-refractivity contribution < 1.29 is 24.1 Å². The highest BCUT2D eigenvalue weighted by Gasteiger charge is 2.27. The van der Waals surface area contributed by atoms with Crippen LogP contribution in [-0.2, 0) is 4.79 Å². The van der Waals surface area contributed by atoms with Crippen molar-refractivity contribution in [3.8, 4) is 34.5 Å². The van der Waals surface area contributed by atoms with Gasteiger partial charge < -0.3 is 24.6 Å². The lowest BCUT2D eigenvalue weighted by Crippen LogP contribution is -2.28. The number of carboxylic acids is 1. The lowest BCUT2D eigenvalue weighted by atomic mass is 9.87. The van der Waals surface area contributed by atoms with Gasteiger partial charge >= 0.3 is 5.97 Å². The maximum atomic E-state index is 11.2. The van der Waals surface area contributed by atoms with Crippen LogP contribution in [0, 0.1) is 5.92 Å². The topological polar surface area (TPSA) is 141 Å². The molecule has 3 heterocycles. The zero-order chi connectivity index (χ0) is 27.0. The second-order valence-corrected chi connectivity index (χ2v) is 8.93. The van der Waals surface area contributed by atoms with Gasteiger partial charge in [-0.3, -0.25) is 9.78 Å². The van der Waals surface area contributed by atoms with Crippen LogP contribution in [-0.4, -0.2) is 48.7 Å². The van der Waals surface area contributed by atoms with E-state index >= 15 is 0 Å². The van der Waals surface area contributed by atoms with Crippen LogP contribution < -0.4 is 19.5 Å². The molecule has 0 amide bonds. The number of aliphatic carboxylic acids is 1. The average molecular weight is 529 g/mol. The summed E-state index contributed by atoms with van der Waals surface area (Å²) in [5, 5.41) is 12.3. The minimum atomic E-state index is -0.742. The van der Waals surface area contributed by atoms with Crippen LogP contribution in [0.3, 0.4) is 0 Å². The van der Waals surface area contributed by atoms with Gasteiger partial charge in [0.25, 0.3) is 5.88 Å². The average Bonchev–Trinajstić information content (AvgIpc) is 2.95. The Hall–Kier alpha value is -4.80. The molecule has 0 bridgehead atoms. The molecule has 5 rings (SSSR count). The van der Waals surface area contributed by atoms with Gasteiger partial charge in [0, 0.05) is 24.0 Å². The van der Waals surface area contributed by atoms with E-state index in [0.29, 0.717) is 73.0 Å². The van der Waals surface area contributed by atoms with Crippen molar-refractivity contribution in [2.24, 2.45) is 5.92 Å². The number of aromatic nitrogens is 5. The van der Waals surface area contributed by atoms with Crippen LogP contribution in [0.2, 0.25) is 0 Å². The van der Waals surface area contributed by atoms with E-state index in [2.05, 4.69) is 30.2 Å². The smallest absolute Gasteiger partial charge is 0.306 e. The Morgan fingerprint density at radius 2 is 1.90 bits per heavy atom. The van der Waals surface area contributed by atoms with Crippen LogP contribution in [0.25, 0.3) is 11.3 Å². The van der Waals surface area contributed by atoms with Crippen molar-refractivity contribution in [2.45, 2.75) is 38.7 Å². The molecule has 0 saturated heterocycles. The van der Waals surface area contributed by atoms with Gasteiger partial charge in [-0.2, -0.15) is 4.98 Å². The first-order chi connectivity index (χ1) is 19.1. The number of pyridine rings is 1. The van der Waals surface area contributed by atoms with E-state index in [1.165, 1.54) is 0 Å². The molecule has 0 unspecified atom stereocenters. The second kappa shape index (κ2) is 12.2. The molecular formula is C28H28N6O5. The molecule has 1 saturated carbocycles. The molecule has 1 aromatic carbocycles. The molecule has 0 aliphatic heterocycles. The first kappa shape index (κ1) is 25.8. The van der Waals surface area contributed by atoms with Gasteiger partial charge in [-0.15, -0.1) is 0 Å². The Bertz CT molecular complexity index is 1430. The monoisotopic (exact) mass is 528 g/mol. The third kappa shape index (κ3) is 6.75. The van der Waals surface area contributed by atoms with Crippen LogP contribution in [0.15, 0.2) is 67.3 Å². The van der Waals surface area contributed by atoms with Gasteiger partial charge in [-0.1, -0.05) is 12.1 Å². The normalized spacial score (nSPS) is 16.7. The fourth-order valence-electron chi connectivity index (χ4n) is 4.29. The largest absolute Gasteiger partial charge is 0.488 e. The van der Waals surface area contributed by atoms with E-state index < -0.39 is 5.97 Å². The van der Waals surface area contributed by atoms with Crippen molar-refractivity contribution in [3.05, 3.63) is 67.3 Å². The Balaban J connectivity index is 1.26. The molecule has 11 nitrogen and oxygen atoms in total. The molecule has 0 atom stereocenters. The Labute approximate surface area is 225 Å². The summed E-state index contributed by atoms with van der Waals surface area (Å²) in [6.45, 7) is 2.41. The number of nitrogens with zero attached hydrogens (tertiary/aromatic N) is 5. The van der Waals surface area contributed by atoms with E-state index in [1.807, 2.05) is 37.3 Å². The summed E-state index contributed by atoms with van der Waals surface area (Å²) in [5.41, 5.74) is 1.42. The van der Waals surface area contributed by atoms with Crippen molar-refractivity contribution in [3.63, 3.8) is 0 Å². The number of hydrogen-bond donors (Lipinski definition) is 2. The fourth-order valence-corrected chi connectivity index (χ4v) is 4.29. The number of hydrogen-bond acceptors (Lipinski definition) is 10. The van der Waals surface area contributed by atoms with E-state index in [-0.39, 0.29) is 12.0 Å². The molecule has 1 aliphatic carbocycles.